The maximum atomic E-state index is 10.8. The Balaban J connectivity index is 3.06. The van der Waals surface area contributed by atoms with E-state index in [2.05, 4.69) is 18.7 Å². The van der Waals surface area contributed by atoms with E-state index in [-0.39, 0.29) is 12.3 Å². The minimum Gasteiger partial charge on any atom is -0.392 e. The quantitative estimate of drug-likeness (QED) is 0.608. The molecule has 1 atom stereocenters. The molecule has 0 spiro atoms. The fourth-order valence-electron chi connectivity index (χ4n) is 2.02. The number of hydrogen-bond acceptors (Lipinski definition) is 4. The average Bonchev–Trinajstić information content (AvgIpc) is 2.43. The number of nitro groups is 1. The number of anilines is 1. The summed E-state index contributed by atoms with van der Waals surface area (Å²) in [6, 6.07) is 4.68. The monoisotopic (exact) mass is 266 g/mol. The van der Waals surface area contributed by atoms with Crippen LogP contribution in [0.2, 0.25) is 0 Å². The zero-order valence-corrected chi connectivity index (χ0v) is 11.8. The van der Waals surface area contributed by atoms with Gasteiger partial charge in [-0.1, -0.05) is 20.3 Å². The fourth-order valence-corrected chi connectivity index (χ4v) is 2.02. The second kappa shape index (κ2) is 7.09. The van der Waals surface area contributed by atoms with Crippen LogP contribution >= 0.6 is 0 Å². The molecule has 0 radical (unpaired) electrons. The highest BCUT2D eigenvalue weighted by Crippen LogP contribution is 2.26. The second-order valence-corrected chi connectivity index (χ2v) is 4.78. The third kappa shape index (κ3) is 3.92. The van der Waals surface area contributed by atoms with E-state index in [4.69, 9.17) is 0 Å². The van der Waals surface area contributed by atoms with Crippen molar-refractivity contribution < 1.29 is 10.0 Å². The Morgan fingerprint density at radius 3 is 2.58 bits per heavy atom. The number of aliphatic hydroxyl groups is 1. The molecule has 1 rings (SSSR count). The molecule has 1 aromatic carbocycles. The highest BCUT2D eigenvalue weighted by atomic mass is 16.6. The third-order valence-electron chi connectivity index (χ3n) is 3.40. The summed E-state index contributed by atoms with van der Waals surface area (Å²) < 4.78 is 0. The molecule has 5 heteroatoms. The Hall–Kier alpha value is -1.62. The molecule has 0 bridgehead atoms. The SMILES string of the molecule is CCC(C)CN(CC)c1ccc([N+](=O)[O-])cc1CO. The third-order valence-corrected chi connectivity index (χ3v) is 3.40. The Morgan fingerprint density at radius 2 is 2.11 bits per heavy atom. The van der Waals surface area contributed by atoms with Gasteiger partial charge in [-0.25, -0.2) is 0 Å². The standard InChI is InChI=1S/C14H22N2O3/c1-4-11(3)9-15(5-2)14-7-6-13(16(18)19)8-12(14)10-17/h6-8,11,17H,4-5,9-10H2,1-3H3. The molecular formula is C14H22N2O3. The van der Waals surface area contributed by atoms with Crippen molar-refractivity contribution in [3.05, 3.63) is 33.9 Å². The lowest BCUT2D eigenvalue weighted by Gasteiger charge is -2.28. The molecule has 0 saturated carbocycles. The van der Waals surface area contributed by atoms with Crippen molar-refractivity contribution in [3.63, 3.8) is 0 Å². The number of nitrogens with zero attached hydrogens (tertiary/aromatic N) is 2. The second-order valence-electron chi connectivity index (χ2n) is 4.78. The number of non-ortho nitro benzene ring substituents is 1. The molecule has 5 nitrogen and oxygen atoms in total. The zero-order chi connectivity index (χ0) is 14.4. The molecule has 1 N–H and O–H groups in total. The van der Waals surface area contributed by atoms with Gasteiger partial charge in [0.05, 0.1) is 11.5 Å². The van der Waals surface area contributed by atoms with E-state index >= 15 is 0 Å². The highest BCUT2D eigenvalue weighted by Gasteiger charge is 2.15. The Kier molecular flexibility index (Phi) is 5.76. The van der Waals surface area contributed by atoms with Crippen LogP contribution in [0.15, 0.2) is 18.2 Å². The molecule has 0 aromatic heterocycles. The molecule has 1 unspecified atom stereocenters. The van der Waals surface area contributed by atoms with E-state index in [1.54, 1.807) is 6.07 Å². The predicted molar refractivity (Wildman–Crippen MR) is 76.4 cm³/mol. The van der Waals surface area contributed by atoms with Crippen molar-refractivity contribution >= 4 is 11.4 Å². The van der Waals surface area contributed by atoms with E-state index in [0.29, 0.717) is 11.5 Å². The maximum Gasteiger partial charge on any atom is 0.269 e. The fraction of sp³-hybridized carbons (Fsp3) is 0.571. The molecule has 106 valence electrons. The first-order valence-electron chi connectivity index (χ1n) is 6.66. The van der Waals surface area contributed by atoms with Gasteiger partial charge in [0.25, 0.3) is 5.69 Å². The predicted octanol–water partition coefficient (Wildman–Crippen LogP) is 2.96. The molecule has 0 fully saturated rings. The van der Waals surface area contributed by atoms with Crippen molar-refractivity contribution in [1.82, 2.24) is 0 Å². The van der Waals surface area contributed by atoms with Gasteiger partial charge in [0, 0.05) is 36.5 Å². The van der Waals surface area contributed by atoms with Crippen LogP contribution in [0.25, 0.3) is 0 Å². The van der Waals surface area contributed by atoms with Crippen molar-refractivity contribution in [1.29, 1.82) is 0 Å². The Labute approximate surface area is 114 Å². The molecule has 0 aliphatic heterocycles. The number of aliphatic hydroxyl groups excluding tert-OH is 1. The normalized spacial score (nSPS) is 12.2. The van der Waals surface area contributed by atoms with E-state index in [9.17, 15) is 15.2 Å². The van der Waals surface area contributed by atoms with Gasteiger partial charge in [-0.15, -0.1) is 0 Å². The minimum absolute atomic E-state index is 0.0207. The topological polar surface area (TPSA) is 66.6 Å². The molecule has 0 heterocycles. The van der Waals surface area contributed by atoms with Crippen molar-refractivity contribution in [3.8, 4) is 0 Å². The van der Waals surface area contributed by atoms with E-state index in [0.717, 1.165) is 25.2 Å². The minimum atomic E-state index is -0.437. The molecule has 1 aromatic rings. The summed E-state index contributed by atoms with van der Waals surface area (Å²) in [5.74, 6) is 0.543. The summed E-state index contributed by atoms with van der Waals surface area (Å²) in [6.45, 7) is 7.87. The first kappa shape index (κ1) is 15.4. The number of hydrogen-bond donors (Lipinski definition) is 1. The maximum absolute atomic E-state index is 10.8. The molecule has 0 aliphatic rings. The number of benzene rings is 1. The summed E-state index contributed by atoms with van der Waals surface area (Å²) in [6.07, 6.45) is 1.08. The number of nitro benzene ring substituents is 1. The zero-order valence-electron chi connectivity index (χ0n) is 11.8. The van der Waals surface area contributed by atoms with E-state index < -0.39 is 4.92 Å². The van der Waals surface area contributed by atoms with Gasteiger partial charge in [0.1, 0.15) is 0 Å². The molecule has 0 aliphatic carbocycles. The van der Waals surface area contributed by atoms with Gasteiger partial charge in [0.15, 0.2) is 0 Å². The first-order valence-corrected chi connectivity index (χ1v) is 6.66. The van der Waals surface area contributed by atoms with Crippen LogP contribution in [0.5, 0.6) is 0 Å². The van der Waals surface area contributed by atoms with Crippen LogP contribution < -0.4 is 4.90 Å². The lowest BCUT2D eigenvalue weighted by atomic mass is 10.1. The smallest absolute Gasteiger partial charge is 0.269 e. The van der Waals surface area contributed by atoms with Crippen LogP contribution in [0.1, 0.15) is 32.8 Å². The van der Waals surface area contributed by atoms with E-state index in [1.807, 2.05) is 6.92 Å². The molecule has 0 saturated heterocycles. The van der Waals surface area contributed by atoms with Crippen molar-refractivity contribution in [2.75, 3.05) is 18.0 Å². The lowest BCUT2D eigenvalue weighted by molar-refractivity contribution is -0.384. The summed E-state index contributed by atoms with van der Waals surface area (Å²) in [7, 11) is 0. The van der Waals surface area contributed by atoms with Crippen LogP contribution in [-0.4, -0.2) is 23.1 Å². The molecule has 19 heavy (non-hydrogen) atoms. The first-order chi connectivity index (χ1) is 9.03. The van der Waals surface area contributed by atoms with Gasteiger partial charge >= 0.3 is 0 Å². The van der Waals surface area contributed by atoms with Gasteiger partial charge in [0.2, 0.25) is 0 Å². The van der Waals surface area contributed by atoms with Gasteiger partial charge in [-0.2, -0.15) is 0 Å². The van der Waals surface area contributed by atoms with Gasteiger partial charge in [-0.3, -0.25) is 10.1 Å². The summed E-state index contributed by atoms with van der Waals surface area (Å²) in [5.41, 5.74) is 1.52. The van der Waals surface area contributed by atoms with Gasteiger partial charge < -0.3 is 10.0 Å². The van der Waals surface area contributed by atoms with Crippen LogP contribution in [-0.2, 0) is 6.61 Å². The van der Waals surface area contributed by atoms with Crippen molar-refractivity contribution in [2.24, 2.45) is 5.92 Å². The van der Waals surface area contributed by atoms with E-state index in [1.165, 1.54) is 12.1 Å². The molecular weight excluding hydrogens is 244 g/mol. The van der Waals surface area contributed by atoms with Crippen LogP contribution in [0, 0.1) is 16.0 Å². The van der Waals surface area contributed by atoms with Crippen molar-refractivity contribution in [2.45, 2.75) is 33.8 Å². The summed E-state index contributed by atoms with van der Waals surface area (Å²) in [5, 5.41) is 20.2. The summed E-state index contributed by atoms with van der Waals surface area (Å²) >= 11 is 0. The van der Waals surface area contributed by atoms with Crippen LogP contribution in [0.3, 0.4) is 0 Å². The highest BCUT2D eigenvalue weighted by molar-refractivity contribution is 5.57. The average molecular weight is 266 g/mol. The van der Waals surface area contributed by atoms with Crippen LogP contribution in [0.4, 0.5) is 11.4 Å². The Morgan fingerprint density at radius 1 is 1.42 bits per heavy atom. The number of rotatable bonds is 7. The largest absolute Gasteiger partial charge is 0.392 e. The summed E-state index contributed by atoms with van der Waals surface area (Å²) in [4.78, 5) is 12.5. The molecule has 0 amide bonds. The lowest BCUT2D eigenvalue weighted by Crippen LogP contribution is -2.29. The Bertz CT molecular complexity index is 435. The van der Waals surface area contributed by atoms with Gasteiger partial charge in [-0.05, 0) is 18.9 Å².